The molecule has 5 heteroatoms. The van der Waals surface area contributed by atoms with Crippen LogP contribution in [0.5, 0.6) is 0 Å². The van der Waals surface area contributed by atoms with Crippen LogP contribution in [0.15, 0.2) is 28.9 Å². The second kappa shape index (κ2) is 4.58. The highest BCUT2D eigenvalue weighted by molar-refractivity contribution is 7.16. The van der Waals surface area contributed by atoms with E-state index in [-0.39, 0.29) is 5.22 Å². The average Bonchev–Trinajstić information content (AvgIpc) is 2.75. The highest BCUT2D eigenvalue weighted by Gasteiger charge is 2.15. The summed E-state index contributed by atoms with van der Waals surface area (Å²) in [5.74, 6) is 0. The van der Waals surface area contributed by atoms with Crippen LogP contribution < -0.4 is 0 Å². The first-order valence-electron chi connectivity index (χ1n) is 4.32. The molecule has 0 spiro atoms. The second-order valence-electron chi connectivity index (χ2n) is 3.08. The van der Waals surface area contributed by atoms with Crippen LogP contribution in [0.4, 0.5) is 0 Å². The van der Waals surface area contributed by atoms with Crippen molar-refractivity contribution in [3.8, 4) is 0 Å². The maximum absolute atomic E-state index is 9.87. The Labute approximate surface area is 101 Å². The molecule has 0 radical (unpaired) electrons. The summed E-state index contributed by atoms with van der Waals surface area (Å²) in [6, 6.07) is 5.37. The Morgan fingerprint density at radius 3 is 2.67 bits per heavy atom. The van der Waals surface area contributed by atoms with E-state index in [2.05, 4.69) is 0 Å². The number of hydrogen-bond acceptors (Lipinski definition) is 3. The molecule has 0 aliphatic heterocycles. The summed E-state index contributed by atoms with van der Waals surface area (Å²) >= 11 is 13.0. The van der Waals surface area contributed by atoms with Crippen molar-refractivity contribution in [2.75, 3.05) is 0 Å². The van der Waals surface area contributed by atoms with Gasteiger partial charge < -0.3 is 9.52 Å². The molecule has 2 heterocycles. The fourth-order valence-corrected chi connectivity index (χ4v) is 2.67. The van der Waals surface area contributed by atoms with E-state index in [1.807, 2.05) is 12.1 Å². The molecule has 2 aromatic heterocycles. The van der Waals surface area contributed by atoms with E-state index in [0.717, 1.165) is 9.21 Å². The van der Waals surface area contributed by atoms with Crippen LogP contribution in [-0.2, 0) is 6.42 Å². The third-order valence-corrected chi connectivity index (χ3v) is 3.59. The molecule has 15 heavy (non-hydrogen) atoms. The molecule has 0 aromatic carbocycles. The van der Waals surface area contributed by atoms with E-state index in [1.54, 1.807) is 6.07 Å². The lowest BCUT2D eigenvalue weighted by atomic mass is 10.1. The normalized spacial score (nSPS) is 13.0. The van der Waals surface area contributed by atoms with Crippen LogP contribution in [-0.4, -0.2) is 5.11 Å². The fourth-order valence-electron chi connectivity index (χ4n) is 1.30. The van der Waals surface area contributed by atoms with Gasteiger partial charge in [0, 0.05) is 16.9 Å². The Morgan fingerprint density at radius 2 is 2.13 bits per heavy atom. The Morgan fingerprint density at radius 1 is 1.33 bits per heavy atom. The topological polar surface area (TPSA) is 33.4 Å². The molecule has 0 aliphatic carbocycles. The molecule has 2 aromatic rings. The Bertz CT molecular complexity index is 450. The third-order valence-electron chi connectivity index (χ3n) is 2.03. The molecule has 0 aliphatic rings. The number of rotatable bonds is 3. The predicted molar refractivity (Wildman–Crippen MR) is 61.7 cm³/mol. The van der Waals surface area contributed by atoms with Gasteiger partial charge in [0.1, 0.15) is 0 Å². The average molecular weight is 263 g/mol. The van der Waals surface area contributed by atoms with Crippen molar-refractivity contribution >= 4 is 34.5 Å². The molecule has 1 N–H and O–H groups in total. The summed E-state index contributed by atoms with van der Waals surface area (Å²) < 4.78 is 5.63. The summed E-state index contributed by atoms with van der Waals surface area (Å²) in [6.07, 6.45) is 1.31. The maximum atomic E-state index is 9.87. The molecule has 0 amide bonds. The SMILES string of the molecule is OC(Cc1ccc(Cl)s1)c1ccoc1Cl. The van der Waals surface area contributed by atoms with E-state index in [4.69, 9.17) is 27.6 Å². The van der Waals surface area contributed by atoms with Crippen LogP contribution in [0.2, 0.25) is 9.56 Å². The maximum Gasteiger partial charge on any atom is 0.198 e. The van der Waals surface area contributed by atoms with Gasteiger partial charge in [-0.3, -0.25) is 0 Å². The number of halogens is 2. The molecule has 0 saturated heterocycles. The van der Waals surface area contributed by atoms with Crippen molar-refractivity contribution in [1.29, 1.82) is 0 Å². The van der Waals surface area contributed by atoms with Crippen LogP contribution >= 0.6 is 34.5 Å². The first-order chi connectivity index (χ1) is 7.16. The van der Waals surface area contributed by atoms with E-state index >= 15 is 0 Å². The van der Waals surface area contributed by atoms with Crippen LogP contribution in [0.25, 0.3) is 0 Å². The van der Waals surface area contributed by atoms with E-state index in [9.17, 15) is 5.11 Å². The van der Waals surface area contributed by atoms with Crippen LogP contribution in [0.1, 0.15) is 16.5 Å². The first-order valence-corrected chi connectivity index (χ1v) is 5.89. The van der Waals surface area contributed by atoms with Gasteiger partial charge in [0.05, 0.1) is 16.7 Å². The lowest BCUT2D eigenvalue weighted by Gasteiger charge is -2.06. The number of aliphatic hydroxyl groups excluding tert-OH is 1. The minimum Gasteiger partial charge on any atom is -0.453 e. The van der Waals surface area contributed by atoms with E-state index in [1.165, 1.54) is 17.6 Å². The van der Waals surface area contributed by atoms with Gasteiger partial charge >= 0.3 is 0 Å². The summed E-state index contributed by atoms with van der Waals surface area (Å²) in [5.41, 5.74) is 0.612. The van der Waals surface area contributed by atoms with Gasteiger partial charge in [0.15, 0.2) is 5.22 Å². The summed E-state index contributed by atoms with van der Waals surface area (Å²) in [6.45, 7) is 0. The van der Waals surface area contributed by atoms with Crippen molar-refractivity contribution in [1.82, 2.24) is 0 Å². The molecule has 2 rings (SSSR count). The fraction of sp³-hybridized carbons (Fsp3) is 0.200. The summed E-state index contributed by atoms with van der Waals surface area (Å²) in [7, 11) is 0. The minimum atomic E-state index is -0.647. The summed E-state index contributed by atoms with van der Waals surface area (Å²) in [5, 5.41) is 10.1. The lowest BCUT2D eigenvalue weighted by Crippen LogP contribution is -1.99. The quantitative estimate of drug-likeness (QED) is 0.910. The van der Waals surface area contributed by atoms with E-state index < -0.39 is 6.10 Å². The number of thiophene rings is 1. The van der Waals surface area contributed by atoms with Gasteiger partial charge in [0.2, 0.25) is 0 Å². The van der Waals surface area contributed by atoms with Gasteiger partial charge in [-0.25, -0.2) is 0 Å². The molecule has 2 nitrogen and oxygen atoms in total. The zero-order valence-electron chi connectivity index (χ0n) is 7.61. The minimum absolute atomic E-state index is 0.241. The largest absolute Gasteiger partial charge is 0.453 e. The van der Waals surface area contributed by atoms with Gasteiger partial charge in [-0.15, -0.1) is 11.3 Å². The van der Waals surface area contributed by atoms with Gasteiger partial charge in [-0.1, -0.05) is 11.6 Å². The molecular weight excluding hydrogens is 255 g/mol. The Kier molecular flexibility index (Phi) is 3.36. The number of furan rings is 1. The van der Waals surface area contributed by atoms with Crippen molar-refractivity contribution < 1.29 is 9.52 Å². The molecule has 0 saturated carbocycles. The second-order valence-corrected chi connectivity index (χ2v) is 5.22. The zero-order valence-corrected chi connectivity index (χ0v) is 9.94. The van der Waals surface area contributed by atoms with Gasteiger partial charge in [0.25, 0.3) is 0 Å². The van der Waals surface area contributed by atoms with Crippen molar-refractivity contribution in [3.05, 3.63) is 44.5 Å². The molecule has 0 bridgehead atoms. The molecule has 1 unspecified atom stereocenters. The predicted octanol–water partition coefficient (Wildman–Crippen LogP) is 3.92. The standard InChI is InChI=1S/C10H8Cl2O2S/c11-9-2-1-6(15-9)5-8(13)7-3-4-14-10(7)12/h1-4,8,13H,5H2. The van der Waals surface area contributed by atoms with E-state index in [0.29, 0.717) is 12.0 Å². The highest BCUT2D eigenvalue weighted by atomic mass is 35.5. The Hall–Kier alpha value is -0.480. The number of hydrogen-bond donors (Lipinski definition) is 1. The Balaban J connectivity index is 2.10. The third kappa shape index (κ3) is 2.55. The van der Waals surface area contributed by atoms with Crippen molar-refractivity contribution in [2.24, 2.45) is 0 Å². The highest BCUT2D eigenvalue weighted by Crippen LogP contribution is 2.30. The smallest absolute Gasteiger partial charge is 0.198 e. The first kappa shape index (κ1) is 11.0. The molecular formula is C10H8Cl2O2S. The number of aliphatic hydroxyl groups is 1. The molecule has 1 atom stereocenters. The van der Waals surface area contributed by atoms with Gasteiger partial charge in [-0.05, 0) is 29.8 Å². The lowest BCUT2D eigenvalue weighted by molar-refractivity contribution is 0.178. The van der Waals surface area contributed by atoms with Crippen molar-refractivity contribution in [3.63, 3.8) is 0 Å². The summed E-state index contributed by atoms with van der Waals surface area (Å²) in [4.78, 5) is 1.02. The molecule has 0 fully saturated rings. The van der Waals surface area contributed by atoms with Gasteiger partial charge in [-0.2, -0.15) is 0 Å². The zero-order chi connectivity index (χ0) is 10.8. The van der Waals surface area contributed by atoms with Crippen molar-refractivity contribution in [2.45, 2.75) is 12.5 Å². The van der Waals surface area contributed by atoms with Crippen LogP contribution in [0.3, 0.4) is 0 Å². The monoisotopic (exact) mass is 262 g/mol. The molecule has 80 valence electrons. The van der Waals surface area contributed by atoms with Crippen LogP contribution in [0, 0.1) is 0 Å².